The van der Waals surface area contributed by atoms with Gasteiger partial charge in [0.15, 0.2) is 0 Å². The molecule has 0 atom stereocenters. The standard InChI is InChI=1S/C12H17NO/c1-10(13-14-4)12(2,3)11-8-6-5-7-9-11/h5-9H,1-4H3/b13-10+. The maximum atomic E-state index is 4.80. The molecule has 0 aromatic heterocycles. The first kappa shape index (κ1) is 10.8. The number of oxime groups is 1. The van der Waals surface area contributed by atoms with Gasteiger partial charge in [0.25, 0.3) is 0 Å². The topological polar surface area (TPSA) is 21.6 Å². The lowest BCUT2D eigenvalue weighted by Gasteiger charge is -2.24. The molecule has 2 nitrogen and oxygen atoms in total. The molecule has 76 valence electrons. The number of hydrogen-bond donors (Lipinski definition) is 0. The van der Waals surface area contributed by atoms with Gasteiger partial charge in [-0.3, -0.25) is 0 Å². The van der Waals surface area contributed by atoms with Gasteiger partial charge in [-0.1, -0.05) is 49.3 Å². The monoisotopic (exact) mass is 191 g/mol. The van der Waals surface area contributed by atoms with E-state index >= 15 is 0 Å². The second kappa shape index (κ2) is 4.27. The quantitative estimate of drug-likeness (QED) is 0.531. The fraction of sp³-hybridized carbons (Fsp3) is 0.417. The van der Waals surface area contributed by atoms with E-state index in [1.54, 1.807) is 7.11 Å². The summed E-state index contributed by atoms with van der Waals surface area (Å²) in [7, 11) is 1.57. The van der Waals surface area contributed by atoms with Gasteiger partial charge < -0.3 is 4.84 Å². The summed E-state index contributed by atoms with van der Waals surface area (Å²) in [6, 6.07) is 10.3. The zero-order chi connectivity index (χ0) is 10.6. The maximum absolute atomic E-state index is 4.80. The Morgan fingerprint density at radius 3 is 2.29 bits per heavy atom. The SMILES string of the molecule is CO/N=C(\C)C(C)(C)c1ccccc1. The Kier molecular flexibility index (Phi) is 3.28. The summed E-state index contributed by atoms with van der Waals surface area (Å²) in [6.45, 7) is 6.26. The van der Waals surface area contributed by atoms with Crippen LogP contribution in [-0.4, -0.2) is 12.8 Å². The Bertz CT molecular complexity index is 314. The first-order valence-corrected chi connectivity index (χ1v) is 4.73. The molecule has 1 aromatic rings. The van der Waals surface area contributed by atoms with Crippen LogP contribution in [0.5, 0.6) is 0 Å². The summed E-state index contributed by atoms with van der Waals surface area (Å²) >= 11 is 0. The lowest BCUT2D eigenvalue weighted by Crippen LogP contribution is -2.26. The molecule has 14 heavy (non-hydrogen) atoms. The second-order valence-corrected chi connectivity index (χ2v) is 3.85. The van der Waals surface area contributed by atoms with Crippen LogP contribution in [0, 0.1) is 0 Å². The van der Waals surface area contributed by atoms with Crippen LogP contribution in [0.15, 0.2) is 35.5 Å². The predicted molar refractivity (Wildman–Crippen MR) is 59.6 cm³/mol. The molecule has 1 rings (SSSR count). The first-order valence-electron chi connectivity index (χ1n) is 4.73. The molecule has 0 saturated carbocycles. The molecule has 0 aliphatic carbocycles. The molecule has 0 bridgehead atoms. The van der Waals surface area contributed by atoms with Gasteiger partial charge in [-0.2, -0.15) is 0 Å². The summed E-state index contributed by atoms with van der Waals surface area (Å²) < 4.78 is 0. The van der Waals surface area contributed by atoms with E-state index in [1.165, 1.54) is 5.56 Å². The van der Waals surface area contributed by atoms with E-state index in [0.29, 0.717) is 0 Å². The highest BCUT2D eigenvalue weighted by atomic mass is 16.6. The Morgan fingerprint density at radius 1 is 1.21 bits per heavy atom. The molecular formula is C12H17NO. The molecule has 0 saturated heterocycles. The van der Waals surface area contributed by atoms with Crippen molar-refractivity contribution in [3.63, 3.8) is 0 Å². The fourth-order valence-electron chi connectivity index (χ4n) is 1.31. The molecule has 0 radical (unpaired) electrons. The fourth-order valence-corrected chi connectivity index (χ4v) is 1.31. The van der Waals surface area contributed by atoms with E-state index in [1.807, 2.05) is 25.1 Å². The van der Waals surface area contributed by atoms with Gasteiger partial charge in [-0.15, -0.1) is 0 Å². The van der Waals surface area contributed by atoms with Crippen LogP contribution in [0.3, 0.4) is 0 Å². The third-order valence-corrected chi connectivity index (χ3v) is 2.63. The molecule has 0 aliphatic rings. The number of hydrogen-bond acceptors (Lipinski definition) is 2. The van der Waals surface area contributed by atoms with Crippen molar-refractivity contribution in [1.29, 1.82) is 0 Å². The van der Waals surface area contributed by atoms with Gasteiger partial charge in [-0.25, -0.2) is 0 Å². The zero-order valence-electron chi connectivity index (χ0n) is 9.24. The Labute approximate surface area is 85.6 Å². The highest BCUT2D eigenvalue weighted by molar-refractivity contribution is 5.91. The van der Waals surface area contributed by atoms with Gasteiger partial charge in [0.1, 0.15) is 7.11 Å². The molecule has 0 unspecified atom stereocenters. The Morgan fingerprint density at radius 2 is 1.79 bits per heavy atom. The minimum atomic E-state index is -0.0722. The Balaban J connectivity index is 3.02. The van der Waals surface area contributed by atoms with Gasteiger partial charge in [-0.05, 0) is 12.5 Å². The van der Waals surface area contributed by atoms with E-state index in [-0.39, 0.29) is 5.41 Å². The van der Waals surface area contributed by atoms with Crippen LogP contribution < -0.4 is 0 Å². The number of benzene rings is 1. The smallest absolute Gasteiger partial charge is 0.106 e. The minimum Gasteiger partial charge on any atom is -0.399 e. The molecule has 0 fully saturated rings. The minimum absolute atomic E-state index is 0.0722. The van der Waals surface area contributed by atoms with Gasteiger partial charge in [0.2, 0.25) is 0 Å². The molecule has 2 heteroatoms. The van der Waals surface area contributed by atoms with Gasteiger partial charge in [0.05, 0.1) is 5.71 Å². The zero-order valence-corrected chi connectivity index (χ0v) is 9.24. The van der Waals surface area contributed by atoms with E-state index < -0.39 is 0 Å². The molecule has 0 spiro atoms. The summed E-state index contributed by atoms with van der Waals surface area (Å²) in [4.78, 5) is 4.80. The lowest BCUT2D eigenvalue weighted by atomic mass is 9.81. The van der Waals surface area contributed by atoms with Crippen molar-refractivity contribution in [2.24, 2.45) is 5.16 Å². The van der Waals surface area contributed by atoms with Crippen molar-refractivity contribution in [3.8, 4) is 0 Å². The third-order valence-electron chi connectivity index (χ3n) is 2.63. The van der Waals surface area contributed by atoms with Crippen LogP contribution in [0.1, 0.15) is 26.3 Å². The molecule has 0 heterocycles. The van der Waals surface area contributed by atoms with E-state index in [0.717, 1.165) is 5.71 Å². The molecular weight excluding hydrogens is 174 g/mol. The van der Waals surface area contributed by atoms with E-state index in [4.69, 9.17) is 4.84 Å². The summed E-state index contributed by atoms with van der Waals surface area (Å²) in [5.41, 5.74) is 2.15. The Hall–Kier alpha value is -1.31. The average Bonchev–Trinajstić information content (AvgIpc) is 2.19. The van der Waals surface area contributed by atoms with Crippen molar-refractivity contribution in [2.45, 2.75) is 26.2 Å². The van der Waals surface area contributed by atoms with Crippen LogP contribution in [0.2, 0.25) is 0 Å². The summed E-state index contributed by atoms with van der Waals surface area (Å²) in [6.07, 6.45) is 0. The van der Waals surface area contributed by atoms with Gasteiger partial charge in [0, 0.05) is 5.41 Å². The van der Waals surface area contributed by atoms with Crippen LogP contribution in [0.4, 0.5) is 0 Å². The molecule has 0 N–H and O–H groups in total. The summed E-state index contributed by atoms with van der Waals surface area (Å²) in [5.74, 6) is 0. The first-order chi connectivity index (χ1) is 6.59. The maximum Gasteiger partial charge on any atom is 0.106 e. The van der Waals surface area contributed by atoms with Crippen LogP contribution >= 0.6 is 0 Å². The molecule has 1 aromatic carbocycles. The van der Waals surface area contributed by atoms with Crippen molar-refractivity contribution in [3.05, 3.63) is 35.9 Å². The van der Waals surface area contributed by atoms with Crippen molar-refractivity contribution in [2.75, 3.05) is 7.11 Å². The largest absolute Gasteiger partial charge is 0.399 e. The average molecular weight is 191 g/mol. The second-order valence-electron chi connectivity index (χ2n) is 3.85. The number of rotatable bonds is 3. The van der Waals surface area contributed by atoms with Crippen molar-refractivity contribution < 1.29 is 4.84 Å². The predicted octanol–water partition coefficient (Wildman–Crippen LogP) is 2.99. The normalized spacial score (nSPS) is 12.7. The summed E-state index contributed by atoms with van der Waals surface area (Å²) in [5, 5.41) is 3.99. The van der Waals surface area contributed by atoms with Gasteiger partial charge >= 0.3 is 0 Å². The molecule has 0 amide bonds. The van der Waals surface area contributed by atoms with Crippen molar-refractivity contribution in [1.82, 2.24) is 0 Å². The van der Waals surface area contributed by atoms with Crippen LogP contribution in [0.25, 0.3) is 0 Å². The number of nitrogens with zero attached hydrogens (tertiary/aromatic N) is 1. The van der Waals surface area contributed by atoms with E-state index in [2.05, 4.69) is 31.1 Å². The molecule has 0 aliphatic heterocycles. The third kappa shape index (κ3) is 2.13. The lowest BCUT2D eigenvalue weighted by molar-refractivity contribution is 0.210. The van der Waals surface area contributed by atoms with E-state index in [9.17, 15) is 0 Å². The highest BCUT2D eigenvalue weighted by Gasteiger charge is 2.24. The van der Waals surface area contributed by atoms with Crippen LogP contribution in [-0.2, 0) is 10.3 Å². The highest BCUT2D eigenvalue weighted by Crippen LogP contribution is 2.24. The van der Waals surface area contributed by atoms with Crippen molar-refractivity contribution >= 4 is 5.71 Å².